The van der Waals surface area contributed by atoms with Crippen LogP contribution in [-0.2, 0) is 17.6 Å². The van der Waals surface area contributed by atoms with Gasteiger partial charge in [-0.3, -0.25) is 15.5 Å². The molecule has 0 saturated carbocycles. The normalized spacial score (nSPS) is 11.8. The van der Waals surface area contributed by atoms with Crippen molar-refractivity contribution in [3.63, 3.8) is 0 Å². The standard InChI is InChI=1S/C23H19BrF4N8O4S/c24-15-11-13(6-7-16(15)25)30-21(34-38)19-20(36-40-35-19)29-8-2-5-18-32-33-22(41-18)31-17(37)10-12-3-1-4-14(9-12)39-23(26,27)28/h1,3-4,6-7,9,11,38H,2,5,8,10H2,(H,29,36)(H,30,34)(H,31,33,37). The lowest BCUT2D eigenvalue weighted by Crippen LogP contribution is -2.22. The summed E-state index contributed by atoms with van der Waals surface area (Å²) in [4.78, 5) is 16.5. The van der Waals surface area contributed by atoms with Gasteiger partial charge in [0.15, 0.2) is 11.5 Å². The zero-order valence-electron chi connectivity index (χ0n) is 20.6. The zero-order chi connectivity index (χ0) is 29.4. The van der Waals surface area contributed by atoms with Gasteiger partial charge in [-0.1, -0.05) is 23.5 Å². The number of aromatic nitrogens is 4. The molecule has 0 bridgehead atoms. The van der Waals surface area contributed by atoms with E-state index in [1.807, 2.05) is 5.48 Å². The largest absolute Gasteiger partial charge is 0.573 e. The number of nitrogens with one attached hydrogen (secondary N) is 3. The van der Waals surface area contributed by atoms with Crippen molar-refractivity contribution in [2.45, 2.75) is 25.6 Å². The zero-order valence-corrected chi connectivity index (χ0v) is 23.0. The quantitative estimate of drug-likeness (QED) is 0.0567. The van der Waals surface area contributed by atoms with Gasteiger partial charge in [-0.25, -0.2) is 14.0 Å². The summed E-state index contributed by atoms with van der Waals surface area (Å²) in [7, 11) is 0. The van der Waals surface area contributed by atoms with Crippen molar-refractivity contribution in [2.24, 2.45) is 4.99 Å². The molecule has 0 spiro atoms. The van der Waals surface area contributed by atoms with Gasteiger partial charge in [-0.2, -0.15) is 0 Å². The molecule has 4 N–H and O–H groups in total. The molecule has 0 saturated heterocycles. The third-order valence-corrected chi connectivity index (χ3v) is 6.54. The fourth-order valence-electron chi connectivity index (χ4n) is 3.33. The van der Waals surface area contributed by atoms with Gasteiger partial charge in [-0.05, 0) is 68.6 Å². The van der Waals surface area contributed by atoms with Crippen LogP contribution in [0.2, 0.25) is 0 Å². The maximum atomic E-state index is 13.5. The molecule has 1 amide bonds. The van der Waals surface area contributed by atoms with E-state index in [9.17, 15) is 27.6 Å². The summed E-state index contributed by atoms with van der Waals surface area (Å²) < 4.78 is 59.5. The first-order valence-electron chi connectivity index (χ1n) is 11.6. The SMILES string of the molecule is O=C(Cc1cccc(OC(F)(F)F)c1)Nc1nnc(CCCNc2nonc2C(=Nc2ccc(F)c(Br)c2)NO)s1. The van der Waals surface area contributed by atoms with E-state index in [2.05, 4.69) is 56.8 Å². The highest BCUT2D eigenvalue weighted by molar-refractivity contribution is 9.10. The van der Waals surface area contributed by atoms with Crippen LogP contribution in [0.4, 0.5) is 34.2 Å². The van der Waals surface area contributed by atoms with Crippen molar-refractivity contribution in [2.75, 3.05) is 17.2 Å². The van der Waals surface area contributed by atoms with Crippen LogP contribution in [0.25, 0.3) is 0 Å². The Labute approximate surface area is 240 Å². The van der Waals surface area contributed by atoms with E-state index in [4.69, 9.17) is 4.63 Å². The van der Waals surface area contributed by atoms with Crippen molar-refractivity contribution in [1.29, 1.82) is 0 Å². The number of aryl methyl sites for hydroxylation is 1. The Balaban J connectivity index is 1.26. The Morgan fingerprint density at radius 3 is 2.76 bits per heavy atom. The molecule has 18 heteroatoms. The van der Waals surface area contributed by atoms with Crippen molar-refractivity contribution in [3.05, 3.63) is 69.0 Å². The number of hydrogen-bond donors (Lipinski definition) is 4. The Kier molecular flexibility index (Phi) is 9.79. The molecule has 0 fully saturated rings. The number of amides is 1. The number of anilines is 2. The number of carbonyl (C=O) groups excluding carboxylic acids is 1. The molecule has 0 aliphatic carbocycles. The Bertz CT molecular complexity index is 1530. The van der Waals surface area contributed by atoms with Crippen molar-refractivity contribution in [3.8, 4) is 5.75 Å². The number of hydroxylamine groups is 1. The summed E-state index contributed by atoms with van der Waals surface area (Å²) >= 11 is 4.22. The van der Waals surface area contributed by atoms with E-state index in [1.165, 1.54) is 30.3 Å². The van der Waals surface area contributed by atoms with Crippen LogP contribution >= 0.6 is 27.3 Å². The molecule has 4 rings (SSSR count). The van der Waals surface area contributed by atoms with Gasteiger partial charge in [0.25, 0.3) is 0 Å². The number of halogens is 5. The molecule has 41 heavy (non-hydrogen) atoms. The van der Waals surface area contributed by atoms with E-state index in [-0.39, 0.29) is 33.4 Å². The first kappa shape index (κ1) is 29.8. The summed E-state index contributed by atoms with van der Waals surface area (Å²) in [5.41, 5.74) is 2.67. The maximum Gasteiger partial charge on any atom is 0.573 e. The van der Waals surface area contributed by atoms with Crippen molar-refractivity contribution >= 4 is 55.6 Å². The van der Waals surface area contributed by atoms with Crippen LogP contribution in [0.15, 0.2) is 56.6 Å². The van der Waals surface area contributed by atoms with Crippen LogP contribution in [-0.4, -0.2) is 50.4 Å². The molecule has 2 aromatic carbocycles. The minimum absolute atomic E-state index is 0.0867. The lowest BCUT2D eigenvalue weighted by atomic mass is 10.1. The van der Waals surface area contributed by atoms with Gasteiger partial charge in [0.05, 0.1) is 16.6 Å². The molecule has 0 aliphatic rings. The molecular weight excluding hydrogens is 640 g/mol. The number of ether oxygens (including phenoxy) is 1. The van der Waals surface area contributed by atoms with Crippen molar-refractivity contribution < 1.29 is 36.9 Å². The lowest BCUT2D eigenvalue weighted by molar-refractivity contribution is -0.274. The topological polar surface area (TPSA) is 160 Å². The first-order chi connectivity index (χ1) is 19.6. The number of rotatable bonds is 11. The van der Waals surface area contributed by atoms with Gasteiger partial charge >= 0.3 is 6.36 Å². The van der Waals surface area contributed by atoms with E-state index in [0.29, 0.717) is 35.6 Å². The fraction of sp³-hybridized carbons (Fsp3) is 0.217. The van der Waals surface area contributed by atoms with Crippen LogP contribution in [0, 0.1) is 5.82 Å². The average molecular weight is 659 g/mol. The molecule has 2 heterocycles. The van der Waals surface area contributed by atoms with Crippen LogP contribution in [0.5, 0.6) is 5.75 Å². The number of nitrogens with zero attached hydrogens (tertiary/aromatic N) is 5. The van der Waals surface area contributed by atoms with Gasteiger partial charge < -0.3 is 15.4 Å². The number of aliphatic imine (C=N–C) groups is 1. The van der Waals surface area contributed by atoms with Crippen LogP contribution in [0.3, 0.4) is 0 Å². The minimum Gasteiger partial charge on any atom is -0.406 e. The molecule has 2 aromatic heterocycles. The fourth-order valence-corrected chi connectivity index (χ4v) is 4.49. The van der Waals surface area contributed by atoms with Crippen LogP contribution < -0.4 is 20.9 Å². The molecule has 0 aliphatic heterocycles. The van der Waals surface area contributed by atoms with E-state index in [0.717, 1.165) is 23.5 Å². The van der Waals surface area contributed by atoms with E-state index < -0.39 is 23.8 Å². The number of hydrogen-bond acceptors (Lipinski definition) is 11. The second kappa shape index (κ2) is 13.5. The highest BCUT2D eigenvalue weighted by atomic mass is 79.9. The molecule has 216 valence electrons. The third kappa shape index (κ3) is 8.92. The monoisotopic (exact) mass is 658 g/mol. The molecular formula is C23H19BrF4N8O4S. The first-order valence-corrected chi connectivity index (χ1v) is 13.2. The molecule has 0 radical (unpaired) electrons. The molecule has 0 atom stereocenters. The number of carbonyl (C=O) groups is 1. The van der Waals surface area contributed by atoms with E-state index in [1.54, 1.807) is 0 Å². The van der Waals surface area contributed by atoms with Gasteiger partial charge in [0.2, 0.25) is 16.9 Å². The lowest BCUT2D eigenvalue weighted by Gasteiger charge is -2.09. The van der Waals surface area contributed by atoms with Crippen LogP contribution in [0.1, 0.15) is 22.7 Å². The summed E-state index contributed by atoms with van der Waals surface area (Å²) in [5.74, 6) is -1.26. The second-order valence-electron chi connectivity index (χ2n) is 8.08. The Morgan fingerprint density at radius 2 is 2.00 bits per heavy atom. The molecule has 4 aromatic rings. The molecule has 0 unspecified atom stereocenters. The second-order valence-corrected chi connectivity index (χ2v) is 10.00. The predicted octanol–water partition coefficient (Wildman–Crippen LogP) is 5.00. The van der Waals surface area contributed by atoms with Crippen molar-refractivity contribution in [1.82, 2.24) is 26.0 Å². The summed E-state index contributed by atoms with van der Waals surface area (Å²) in [6.45, 7) is 0.389. The maximum absolute atomic E-state index is 13.5. The number of benzene rings is 2. The summed E-state index contributed by atoms with van der Waals surface area (Å²) in [5, 5.41) is 31.4. The van der Waals surface area contributed by atoms with E-state index >= 15 is 0 Å². The summed E-state index contributed by atoms with van der Waals surface area (Å²) in [6, 6.07) is 9.16. The average Bonchev–Trinajstić information content (AvgIpc) is 3.56. The van der Waals surface area contributed by atoms with Gasteiger partial charge in [0, 0.05) is 13.0 Å². The number of alkyl halides is 3. The van der Waals surface area contributed by atoms with Gasteiger partial charge in [0.1, 0.15) is 16.6 Å². The highest BCUT2D eigenvalue weighted by Gasteiger charge is 2.31. The third-order valence-electron chi connectivity index (χ3n) is 5.03. The Morgan fingerprint density at radius 1 is 1.17 bits per heavy atom. The minimum atomic E-state index is -4.83. The predicted molar refractivity (Wildman–Crippen MR) is 142 cm³/mol. The number of amidine groups is 1. The summed E-state index contributed by atoms with van der Waals surface area (Å²) in [6.07, 6.45) is -3.97. The van der Waals surface area contributed by atoms with Gasteiger partial charge in [-0.15, -0.1) is 23.4 Å². The Hall–Kier alpha value is -4.16. The highest BCUT2D eigenvalue weighted by Crippen LogP contribution is 2.25. The molecule has 12 nitrogen and oxygen atoms in total. The smallest absolute Gasteiger partial charge is 0.406 e.